The molecule has 0 bridgehead atoms. The van der Waals surface area contributed by atoms with Crippen LogP contribution in [0.15, 0.2) is 17.2 Å². The Labute approximate surface area is 121 Å². The van der Waals surface area contributed by atoms with E-state index in [0.29, 0.717) is 11.4 Å². The first-order valence-corrected chi connectivity index (χ1v) is 8.82. The van der Waals surface area contributed by atoms with Crippen LogP contribution in [-0.2, 0) is 16.6 Å². The molecule has 2 N–H and O–H groups in total. The molecule has 0 spiro atoms. The summed E-state index contributed by atoms with van der Waals surface area (Å²) < 4.78 is 27.2. The number of aromatic nitrogens is 1. The zero-order chi connectivity index (χ0) is 14.8. The minimum absolute atomic E-state index is 0.0795. The summed E-state index contributed by atoms with van der Waals surface area (Å²) in [6.45, 7) is 7.55. The molecule has 1 aromatic rings. The van der Waals surface area contributed by atoms with Crippen LogP contribution < -0.4 is 5.32 Å². The van der Waals surface area contributed by atoms with Gasteiger partial charge in [-0.15, -0.1) is 0 Å². The molecule has 0 aromatic carbocycles. The zero-order valence-corrected chi connectivity index (χ0v) is 13.3. The molecule has 1 aliphatic rings. The van der Waals surface area contributed by atoms with Gasteiger partial charge in [0.1, 0.15) is 0 Å². The van der Waals surface area contributed by atoms with Crippen LogP contribution in [0.4, 0.5) is 0 Å². The number of hydrogen-bond donors (Lipinski definition) is 2. The van der Waals surface area contributed by atoms with Crippen LogP contribution in [0.5, 0.6) is 0 Å². The fourth-order valence-electron chi connectivity index (χ4n) is 2.92. The third kappa shape index (κ3) is 3.07. The Balaban J connectivity index is 2.22. The van der Waals surface area contributed by atoms with E-state index < -0.39 is 10.0 Å². The quantitative estimate of drug-likeness (QED) is 0.875. The number of hydrogen-bond acceptors (Lipinski definition) is 3. The predicted molar refractivity (Wildman–Crippen MR) is 80.0 cm³/mol. The maximum Gasteiger partial charge on any atom is 0.245 e. The second-order valence-electron chi connectivity index (χ2n) is 5.60. The van der Waals surface area contributed by atoms with Gasteiger partial charge in [0.2, 0.25) is 10.0 Å². The zero-order valence-electron chi connectivity index (χ0n) is 12.5. The normalized spacial score (nSPS) is 24.9. The number of sulfonamides is 1. The minimum Gasteiger partial charge on any atom is -0.363 e. The highest BCUT2D eigenvalue weighted by atomic mass is 32.2. The Hall–Kier alpha value is -0.850. The van der Waals surface area contributed by atoms with Gasteiger partial charge in [-0.05, 0) is 39.3 Å². The number of nitrogens with one attached hydrogen (secondary N) is 2. The van der Waals surface area contributed by atoms with Crippen molar-refractivity contribution >= 4 is 10.0 Å². The standard InChI is InChI=1S/C14H25N3O2S/c1-4-15-9-13-8-14(10-16-13)20(18,19)17-11(2)6-5-7-12(17)3/h8,10-12,15-16H,4-7,9H2,1-3H3/t11-,12+. The van der Waals surface area contributed by atoms with Crippen LogP contribution in [-0.4, -0.2) is 36.3 Å². The summed E-state index contributed by atoms with van der Waals surface area (Å²) in [5.41, 5.74) is 0.905. The molecular weight excluding hydrogens is 274 g/mol. The first kappa shape index (κ1) is 15.5. The Bertz CT molecular complexity index is 528. The monoisotopic (exact) mass is 299 g/mol. The van der Waals surface area contributed by atoms with Gasteiger partial charge in [0.05, 0.1) is 4.90 Å². The fraction of sp³-hybridized carbons (Fsp3) is 0.714. The van der Waals surface area contributed by atoms with Crippen molar-refractivity contribution in [3.63, 3.8) is 0 Å². The lowest BCUT2D eigenvalue weighted by Gasteiger charge is -2.37. The van der Waals surface area contributed by atoms with E-state index in [0.717, 1.165) is 31.5 Å². The number of nitrogens with zero attached hydrogens (tertiary/aromatic N) is 1. The third-order valence-electron chi connectivity index (χ3n) is 3.97. The molecule has 6 heteroatoms. The molecule has 0 aliphatic carbocycles. The largest absolute Gasteiger partial charge is 0.363 e. The smallest absolute Gasteiger partial charge is 0.245 e. The van der Waals surface area contributed by atoms with Gasteiger partial charge in [-0.3, -0.25) is 0 Å². The highest BCUT2D eigenvalue weighted by molar-refractivity contribution is 7.89. The molecule has 2 rings (SSSR count). The average molecular weight is 299 g/mol. The molecule has 0 radical (unpaired) electrons. The van der Waals surface area contributed by atoms with Crippen molar-refractivity contribution in [1.82, 2.24) is 14.6 Å². The lowest BCUT2D eigenvalue weighted by Crippen LogP contribution is -2.47. The summed E-state index contributed by atoms with van der Waals surface area (Å²) in [6.07, 6.45) is 4.60. The van der Waals surface area contributed by atoms with E-state index in [-0.39, 0.29) is 12.1 Å². The van der Waals surface area contributed by atoms with Crippen molar-refractivity contribution in [3.8, 4) is 0 Å². The van der Waals surface area contributed by atoms with Gasteiger partial charge < -0.3 is 10.3 Å². The maximum atomic E-state index is 12.8. The third-order valence-corrected chi connectivity index (χ3v) is 6.08. The van der Waals surface area contributed by atoms with Crippen LogP contribution in [0.1, 0.15) is 45.7 Å². The van der Waals surface area contributed by atoms with E-state index in [9.17, 15) is 8.42 Å². The van der Waals surface area contributed by atoms with Crippen molar-refractivity contribution < 1.29 is 8.42 Å². The van der Waals surface area contributed by atoms with Crippen molar-refractivity contribution in [1.29, 1.82) is 0 Å². The fourth-order valence-corrected chi connectivity index (χ4v) is 4.82. The van der Waals surface area contributed by atoms with Gasteiger partial charge in [-0.2, -0.15) is 4.31 Å². The molecule has 5 nitrogen and oxygen atoms in total. The van der Waals surface area contributed by atoms with E-state index in [1.807, 2.05) is 20.8 Å². The Kier molecular flexibility index (Phi) is 4.88. The molecule has 1 fully saturated rings. The number of H-pyrrole nitrogens is 1. The predicted octanol–water partition coefficient (Wildman–Crippen LogP) is 2.08. The molecule has 114 valence electrons. The molecule has 20 heavy (non-hydrogen) atoms. The van der Waals surface area contributed by atoms with E-state index in [1.165, 1.54) is 0 Å². The van der Waals surface area contributed by atoms with Gasteiger partial charge >= 0.3 is 0 Å². The van der Waals surface area contributed by atoms with Crippen LogP contribution in [0.3, 0.4) is 0 Å². The minimum atomic E-state index is -3.39. The summed E-state index contributed by atoms with van der Waals surface area (Å²) >= 11 is 0. The molecule has 0 unspecified atom stereocenters. The van der Waals surface area contributed by atoms with Crippen LogP contribution in [0.25, 0.3) is 0 Å². The molecule has 1 aromatic heterocycles. The highest BCUT2D eigenvalue weighted by Gasteiger charge is 2.36. The van der Waals surface area contributed by atoms with Crippen molar-refractivity contribution in [2.24, 2.45) is 0 Å². The van der Waals surface area contributed by atoms with Crippen molar-refractivity contribution in [2.45, 2.75) is 63.6 Å². The van der Waals surface area contributed by atoms with Gasteiger partial charge in [0.25, 0.3) is 0 Å². The van der Waals surface area contributed by atoms with Crippen molar-refractivity contribution in [3.05, 3.63) is 18.0 Å². The second-order valence-corrected chi connectivity index (χ2v) is 7.45. The Morgan fingerprint density at radius 2 is 2.00 bits per heavy atom. The second kappa shape index (κ2) is 6.28. The lowest BCUT2D eigenvalue weighted by molar-refractivity contribution is 0.204. The molecule has 0 saturated carbocycles. The molecule has 0 amide bonds. The van der Waals surface area contributed by atoms with Gasteiger partial charge in [-0.1, -0.05) is 13.3 Å². The van der Waals surface area contributed by atoms with Gasteiger partial charge in [-0.25, -0.2) is 8.42 Å². The summed E-state index contributed by atoms with van der Waals surface area (Å²) in [6, 6.07) is 1.90. The Morgan fingerprint density at radius 3 is 2.60 bits per heavy atom. The van der Waals surface area contributed by atoms with Gasteiger partial charge in [0.15, 0.2) is 0 Å². The molecule has 2 atom stereocenters. The van der Waals surface area contributed by atoms with Gasteiger partial charge in [0, 0.05) is 30.5 Å². The topological polar surface area (TPSA) is 65.2 Å². The first-order chi connectivity index (χ1) is 9.46. The Morgan fingerprint density at radius 1 is 1.35 bits per heavy atom. The SMILES string of the molecule is CCNCc1cc(S(=O)(=O)N2[C@H](C)CCC[C@@H]2C)c[nH]1. The summed E-state index contributed by atoms with van der Waals surface area (Å²) in [5, 5.41) is 3.19. The number of aromatic amines is 1. The van der Waals surface area contributed by atoms with E-state index >= 15 is 0 Å². The summed E-state index contributed by atoms with van der Waals surface area (Å²) in [5.74, 6) is 0. The summed E-state index contributed by atoms with van der Waals surface area (Å²) in [7, 11) is -3.39. The number of piperidine rings is 1. The van der Waals surface area contributed by atoms with E-state index in [4.69, 9.17) is 0 Å². The van der Waals surface area contributed by atoms with Crippen LogP contribution in [0.2, 0.25) is 0 Å². The molecule has 1 aliphatic heterocycles. The highest BCUT2D eigenvalue weighted by Crippen LogP contribution is 2.29. The molecular formula is C14H25N3O2S. The maximum absolute atomic E-state index is 12.8. The van der Waals surface area contributed by atoms with Crippen LogP contribution >= 0.6 is 0 Å². The van der Waals surface area contributed by atoms with E-state index in [2.05, 4.69) is 10.3 Å². The lowest BCUT2D eigenvalue weighted by atomic mass is 10.0. The molecule has 1 saturated heterocycles. The number of rotatable bonds is 5. The first-order valence-electron chi connectivity index (χ1n) is 7.38. The average Bonchev–Trinajstić information content (AvgIpc) is 2.85. The van der Waals surface area contributed by atoms with Crippen molar-refractivity contribution in [2.75, 3.05) is 6.54 Å². The van der Waals surface area contributed by atoms with E-state index in [1.54, 1.807) is 16.6 Å². The summed E-state index contributed by atoms with van der Waals surface area (Å²) in [4.78, 5) is 3.43. The molecule has 2 heterocycles. The van der Waals surface area contributed by atoms with Crippen LogP contribution in [0, 0.1) is 0 Å².